The van der Waals surface area contributed by atoms with Gasteiger partial charge in [0, 0.05) is 12.0 Å². The average Bonchev–Trinajstić information content (AvgIpc) is 2.56. The molecular formula is C8H7ClOS2. The number of thiophene rings is 1. The van der Waals surface area contributed by atoms with Gasteiger partial charge in [0.15, 0.2) is 5.78 Å². The van der Waals surface area contributed by atoms with Crippen molar-refractivity contribution in [2.75, 3.05) is 6.26 Å². The minimum atomic E-state index is 0.262. The quantitative estimate of drug-likeness (QED) is 0.674. The molecule has 0 saturated heterocycles. The van der Waals surface area contributed by atoms with Crippen LogP contribution >= 0.6 is 34.7 Å². The van der Waals surface area contributed by atoms with Gasteiger partial charge in [0.25, 0.3) is 0 Å². The van der Waals surface area contributed by atoms with Crippen molar-refractivity contribution in [2.45, 2.75) is 17.1 Å². The number of carbonyl (C=O) groups is 1. The molecule has 0 spiro atoms. The molecule has 64 valence electrons. The number of hydrogen-bond donors (Lipinski definition) is 0. The fourth-order valence-electron chi connectivity index (χ4n) is 1.43. The minimum Gasteiger partial charge on any atom is -0.294 e. The standard InChI is InChI=1S/C8H7ClOS2/c1-11-8-6-4(7(9)12-8)2-3-5(6)10/h2-3H2,1H3. The van der Waals surface area contributed by atoms with Crippen molar-refractivity contribution in [1.82, 2.24) is 0 Å². The molecule has 0 saturated carbocycles. The van der Waals surface area contributed by atoms with Crippen LogP contribution < -0.4 is 0 Å². The second-order valence-electron chi connectivity index (χ2n) is 2.64. The topological polar surface area (TPSA) is 17.1 Å². The molecule has 0 amide bonds. The summed E-state index contributed by atoms with van der Waals surface area (Å²) in [5.74, 6) is 0.262. The van der Waals surface area contributed by atoms with Gasteiger partial charge >= 0.3 is 0 Å². The monoisotopic (exact) mass is 218 g/mol. The van der Waals surface area contributed by atoms with Gasteiger partial charge in [0.1, 0.15) is 0 Å². The normalized spacial score (nSPS) is 15.3. The number of ketones is 1. The zero-order valence-electron chi connectivity index (χ0n) is 6.52. The minimum absolute atomic E-state index is 0.262. The van der Waals surface area contributed by atoms with Crippen molar-refractivity contribution in [1.29, 1.82) is 0 Å². The Morgan fingerprint density at radius 2 is 2.25 bits per heavy atom. The van der Waals surface area contributed by atoms with E-state index in [2.05, 4.69) is 0 Å². The molecule has 0 aromatic carbocycles. The highest BCUT2D eigenvalue weighted by Crippen LogP contribution is 2.42. The molecule has 1 aromatic heterocycles. The SMILES string of the molecule is CSc1sc(Cl)c2c1C(=O)CC2. The Bertz CT molecular complexity index is 343. The zero-order valence-corrected chi connectivity index (χ0v) is 8.91. The van der Waals surface area contributed by atoms with E-state index in [-0.39, 0.29) is 5.78 Å². The molecule has 2 rings (SSSR count). The number of Topliss-reactive ketones (excluding diaryl/α,β-unsaturated/α-hetero) is 1. The highest BCUT2D eigenvalue weighted by Gasteiger charge is 2.27. The van der Waals surface area contributed by atoms with Gasteiger partial charge in [0.05, 0.1) is 8.55 Å². The van der Waals surface area contributed by atoms with E-state index in [4.69, 9.17) is 11.6 Å². The number of fused-ring (bicyclic) bond motifs is 1. The molecule has 0 bridgehead atoms. The first-order valence-electron chi connectivity index (χ1n) is 3.62. The first kappa shape index (κ1) is 8.60. The van der Waals surface area contributed by atoms with Gasteiger partial charge in [-0.3, -0.25) is 4.79 Å². The van der Waals surface area contributed by atoms with Crippen LogP contribution in [0.4, 0.5) is 0 Å². The predicted octanol–water partition coefficient (Wildman–Crippen LogP) is 3.25. The number of thioether (sulfide) groups is 1. The summed E-state index contributed by atoms with van der Waals surface area (Å²) in [5, 5.41) is 0. The maximum absolute atomic E-state index is 11.4. The van der Waals surface area contributed by atoms with Gasteiger partial charge in [-0.25, -0.2) is 0 Å². The molecule has 1 heterocycles. The van der Waals surface area contributed by atoms with E-state index in [9.17, 15) is 4.79 Å². The van der Waals surface area contributed by atoms with E-state index in [1.807, 2.05) is 6.26 Å². The molecule has 1 aromatic rings. The van der Waals surface area contributed by atoms with Crippen molar-refractivity contribution >= 4 is 40.5 Å². The molecular weight excluding hydrogens is 212 g/mol. The van der Waals surface area contributed by atoms with Gasteiger partial charge < -0.3 is 0 Å². The highest BCUT2D eigenvalue weighted by molar-refractivity contribution is 8.00. The maximum Gasteiger partial charge on any atom is 0.165 e. The molecule has 0 unspecified atom stereocenters. The lowest BCUT2D eigenvalue weighted by molar-refractivity contribution is 0.0992. The molecule has 0 N–H and O–H groups in total. The van der Waals surface area contributed by atoms with Crippen LogP contribution in [0.15, 0.2) is 4.21 Å². The van der Waals surface area contributed by atoms with E-state index < -0.39 is 0 Å². The summed E-state index contributed by atoms with van der Waals surface area (Å²) >= 11 is 9.13. The van der Waals surface area contributed by atoms with Crippen LogP contribution in [0, 0.1) is 0 Å². The van der Waals surface area contributed by atoms with Crippen LogP contribution in [-0.4, -0.2) is 12.0 Å². The highest BCUT2D eigenvalue weighted by atomic mass is 35.5. The fourth-order valence-corrected chi connectivity index (χ4v) is 3.84. The van der Waals surface area contributed by atoms with Gasteiger partial charge in [-0.2, -0.15) is 0 Å². The Morgan fingerprint density at radius 3 is 2.92 bits per heavy atom. The van der Waals surface area contributed by atoms with Crippen LogP contribution in [0.5, 0.6) is 0 Å². The third-order valence-corrected chi connectivity index (χ3v) is 4.59. The third kappa shape index (κ3) is 1.11. The number of rotatable bonds is 1. The van der Waals surface area contributed by atoms with E-state index in [0.29, 0.717) is 6.42 Å². The summed E-state index contributed by atoms with van der Waals surface area (Å²) in [6.45, 7) is 0. The first-order valence-corrected chi connectivity index (χ1v) is 6.04. The Labute approximate surface area is 84.1 Å². The van der Waals surface area contributed by atoms with Crippen LogP contribution in [-0.2, 0) is 6.42 Å². The second kappa shape index (κ2) is 3.05. The second-order valence-corrected chi connectivity index (χ2v) is 5.34. The summed E-state index contributed by atoms with van der Waals surface area (Å²) < 4.78 is 1.89. The molecule has 1 aliphatic rings. The Hall–Kier alpha value is 0.01000. The number of halogens is 1. The van der Waals surface area contributed by atoms with Crippen LogP contribution in [0.3, 0.4) is 0 Å². The van der Waals surface area contributed by atoms with E-state index >= 15 is 0 Å². The molecule has 1 aliphatic carbocycles. The van der Waals surface area contributed by atoms with Crippen LogP contribution in [0.2, 0.25) is 4.34 Å². The molecule has 0 radical (unpaired) electrons. The summed E-state index contributed by atoms with van der Waals surface area (Å²) in [7, 11) is 0. The van der Waals surface area contributed by atoms with Crippen molar-refractivity contribution in [3.05, 3.63) is 15.5 Å². The lowest BCUT2D eigenvalue weighted by Crippen LogP contribution is -1.89. The van der Waals surface area contributed by atoms with E-state index in [0.717, 1.165) is 26.1 Å². The molecule has 12 heavy (non-hydrogen) atoms. The lowest BCUT2D eigenvalue weighted by Gasteiger charge is -1.91. The van der Waals surface area contributed by atoms with Crippen LogP contribution in [0.25, 0.3) is 0 Å². The number of hydrogen-bond acceptors (Lipinski definition) is 3. The first-order chi connectivity index (χ1) is 5.74. The van der Waals surface area contributed by atoms with Crippen molar-refractivity contribution in [3.63, 3.8) is 0 Å². The number of carbonyl (C=O) groups excluding carboxylic acids is 1. The Balaban J connectivity index is 2.61. The van der Waals surface area contributed by atoms with E-state index in [1.54, 1.807) is 11.8 Å². The van der Waals surface area contributed by atoms with Gasteiger partial charge in [0.2, 0.25) is 0 Å². The fraction of sp³-hybridized carbons (Fsp3) is 0.375. The maximum atomic E-state index is 11.4. The summed E-state index contributed by atoms with van der Waals surface area (Å²) in [6, 6.07) is 0. The van der Waals surface area contributed by atoms with Gasteiger partial charge in [-0.1, -0.05) is 11.6 Å². The molecule has 0 atom stereocenters. The predicted molar refractivity (Wildman–Crippen MR) is 53.8 cm³/mol. The van der Waals surface area contributed by atoms with Gasteiger partial charge in [-0.05, 0) is 18.2 Å². The van der Waals surface area contributed by atoms with Crippen molar-refractivity contribution in [3.8, 4) is 0 Å². The smallest absolute Gasteiger partial charge is 0.165 e. The largest absolute Gasteiger partial charge is 0.294 e. The Morgan fingerprint density at radius 1 is 1.50 bits per heavy atom. The lowest BCUT2D eigenvalue weighted by atomic mass is 10.2. The zero-order chi connectivity index (χ0) is 8.72. The molecule has 4 heteroatoms. The van der Waals surface area contributed by atoms with Crippen molar-refractivity contribution in [2.24, 2.45) is 0 Å². The van der Waals surface area contributed by atoms with E-state index in [1.165, 1.54) is 11.3 Å². The average molecular weight is 219 g/mol. The summed E-state index contributed by atoms with van der Waals surface area (Å²) in [5.41, 5.74) is 1.98. The van der Waals surface area contributed by atoms with Gasteiger partial charge in [-0.15, -0.1) is 23.1 Å². The summed E-state index contributed by atoms with van der Waals surface area (Å²) in [6.07, 6.45) is 3.46. The Kier molecular flexibility index (Phi) is 2.19. The van der Waals surface area contributed by atoms with Crippen molar-refractivity contribution < 1.29 is 4.79 Å². The summed E-state index contributed by atoms with van der Waals surface area (Å²) in [4.78, 5) is 11.4. The molecule has 0 fully saturated rings. The van der Waals surface area contributed by atoms with Crippen LogP contribution in [0.1, 0.15) is 22.3 Å². The third-order valence-electron chi connectivity index (χ3n) is 1.99. The molecule has 0 aliphatic heterocycles. The molecule has 1 nitrogen and oxygen atoms in total.